The van der Waals surface area contributed by atoms with Crippen molar-refractivity contribution in [1.29, 1.82) is 0 Å². The van der Waals surface area contributed by atoms with Crippen molar-refractivity contribution in [1.82, 2.24) is 10.3 Å². The molecule has 3 nitrogen and oxygen atoms in total. The van der Waals surface area contributed by atoms with E-state index in [1.54, 1.807) is 0 Å². The van der Waals surface area contributed by atoms with Gasteiger partial charge in [-0.05, 0) is 43.7 Å². The third-order valence-corrected chi connectivity index (χ3v) is 4.51. The van der Waals surface area contributed by atoms with Gasteiger partial charge in [-0.15, -0.1) is 0 Å². The van der Waals surface area contributed by atoms with Gasteiger partial charge < -0.3 is 10.2 Å². The number of aromatic nitrogens is 1. The fourth-order valence-corrected chi connectivity index (χ4v) is 2.89. The molecule has 1 saturated carbocycles. The third-order valence-electron chi connectivity index (χ3n) is 4.51. The molecule has 2 fully saturated rings. The molecule has 0 spiro atoms. The number of nitrogens with zero attached hydrogens (tertiary/aromatic N) is 2. The van der Waals surface area contributed by atoms with Crippen molar-refractivity contribution in [2.45, 2.75) is 51.6 Å². The number of hydrogen-bond acceptors (Lipinski definition) is 3. The van der Waals surface area contributed by atoms with Crippen molar-refractivity contribution in [3.63, 3.8) is 0 Å². The lowest BCUT2D eigenvalue weighted by atomic mass is 9.94. The largest absolute Gasteiger partial charge is 0.371 e. The summed E-state index contributed by atoms with van der Waals surface area (Å²) in [5.74, 6) is 0.939. The smallest absolute Gasteiger partial charge is 0.0562 e. The molecule has 1 aliphatic heterocycles. The molecular weight excluding hydrogens is 234 g/mol. The Morgan fingerprint density at radius 1 is 1.26 bits per heavy atom. The lowest BCUT2D eigenvalue weighted by Gasteiger charge is -2.33. The van der Waals surface area contributed by atoms with Crippen LogP contribution in [0.25, 0.3) is 0 Å². The second kappa shape index (κ2) is 5.91. The zero-order chi connectivity index (χ0) is 13.1. The zero-order valence-corrected chi connectivity index (χ0v) is 11.9. The molecule has 0 atom stereocenters. The number of nitrogens with one attached hydrogen (secondary N) is 1. The molecule has 19 heavy (non-hydrogen) atoms. The van der Waals surface area contributed by atoms with Gasteiger partial charge in [-0.3, -0.25) is 4.98 Å². The van der Waals surface area contributed by atoms with Crippen LogP contribution in [0.4, 0.5) is 5.69 Å². The Labute approximate surface area is 116 Å². The van der Waals surface area contributed by atoms with Gasteiger partial charge in [-0.1, -0.05) is 13.3 Å². The predicted molar refractivity (Wildman–Crippen MR) is 79.3 cm³/mol. The first-order valence-electron chi connectivity index (χ1n) is 7.78. The van der Waals surface area contributed by atoms with Crippen molar-refractivity contribution in [3.05, 3.63) is 24.0 Å². The van der Waals surface area contributed by atoms with Crippen molar-refractivity contribution >= 4 is 5.69 Å². The van der Waals surface area contributed by atoms with Gasteiger partial charge in [-0.25, -0.2) is 0 Å². The van der Waals surface area contributed by atoms with Gasteiger partial charge in [0.05, 0.1) is 5.69 Å². The average molecular weight is 259 g/mol. The maximum atomic E-state index is 4.48. The van der Waals surface area contributed by atoms with Crippen LogP contribution in [-0.4, -0.2) is 24.1 Å². The summed E-state index contributed by atoms with van der Waals surface area (Å²) in [7, 11) is 0. The molecule has 0 aromatic carbocycles. The molecule has 0 radical (unpaired) electrons. The van der Waals surface area contributed by atoms with Gasteiger partial charge in [0, 0.05) is 37.6 Å². The fraction of sp³-hybridized carbons (Fsp3) is 0.688. The standard InChI is InChI=1S/C16H25N3/c1-2-13-6-9-19(10-7-13)16-5-8-17-15(11-16)12-18-14-3-4-14/h5,8,11,13-14,18H,2-4,6-7,9-10,12H2,1H3. The van der Waals surface area contributed by atoms with E-state index in [1.165, 1.54) is 56.6 Å². The minimum atomic E-state index is 0.755. The van der Waals surface area contributed by atoms with Gasteiger partial charge in [0.25, 0.3) is 0 Å². The highest BCUT2D eigenvalue weighted by Gasteiger charge is 2.21. The SMILES string of the molecule is CCC1CCN(c2ccnc(CNC3CC3)c2)CC1. The molecular formula is C16H25N3. The van der Waals surface area contributed by atoms with Crippen LogP contribution in [0.2, 0.25) is 0 Å². The first-order chi connectivity index (χ1) is 9.35. The number of piperidine rings is 1. The van der Waals surface area contributed by atoms with Gasteiger partial charge in [0.15, 0.2) is 0 Å². The summed E-state index contributed by atoms with van der Waals surface area (Å²) >= 11 is 0. The molecule has 0 amide bonds. The van der Waals surface area contributed by atoms with E-state index in [0.717, 1.165) is 18.5 Å². The van der Waals surface area contributed by atoms with Gasteiger partial charge in [0.1, 0.15) is 0 Å². The molecule has 1 N–H and O–H groups in total. The maximum absolute atomic E-state index is 4.48. The summed E-state index contributed by atoms with van der Waals surface area (Å²) in [5, 5.41) is 3.54. The molecule has 0 bridgehead atoms. The molecule has 1 aliphatic carbocycles. The van der Waals surface area contributed by atoms with E-state index in [1.807, 2.05) is 6.20 Å². The lowest BCUT2D eigenvalue weighted by Crippen LogP contribution is -2.33. The zero-order valence-electron chi connectivity index (χ0n) is 11.9. The Kier molecular flexibility index (Phi) is 4.02. The summed E-state index contributed by atoms with van der Waals surface area (Å²) in [6.45, 7) is 5.65. The third kappa shape index (κ3) is 3.47. The van der Waals surface area contributed by atoms with E-state index in [0.29, 0.717) is 0 Å². The Morgan fingerprint density at radius 3 is 2.74 bits per heavy atom. The Balaban J connectivity index is 1.58. The van der Waals surface area contributed by atoms with Gasteiger partial charge in [-0.2, -0.15) is 0 Å². The second-order valence-corrected chi connectivity index (χ2v) is 6.00. The van der Waals surface area contributed by atoms with Gasteiger partial charge >= 0.3 is 0 Å². The number of rotatable bonds is 5. The van der Waals surface area contributed by atoms with E-state index in [2.05, 4.69) is 34.3 Å². The molecule has 104 valence electrons. The van der Waals surface area contributed by atoms with E-state index < -0.39 is 0 Å². The van der Waals surface area contributed by atoms with Crippen LogP contribution in [0, 0.1) is 5.92 Å². The molecule has 0 unspecified atom stereocenters. The highest BCUT2D eigenvalue weighted by Crippen LogP contribution is 2.25. The first kappa shape index (κ1) is 12.9. The number of hydrogen-bond donors (Lipinski definition) is 1. The number of anilines is 1. The highest BCUT2D eigenvalue weighted by atomic mass is 15.1. The van der Waals surface area contributed by atoms with Gasteiger partial charge in [0.2, 0.25) is 0 Å². The van der Waals surface area contributed by atoms with Crippen LogP contribution in [0.1, 0.15) is 44.7 Å². The van der Waals surface area contributed by atoms with E-state index in [4.69, 9.17) is 0 Å². The fourth-order valence-electron chi connectivity index (χ4n) is 2.89. The van der Waals surface area contributed by atoms with Crippen molar-refractivity contribution in [2.75, 3.05) is 18.0 Å². The molecule has 1 saturated heterocycles. The molecule has 2 aliphatic rings. The minimum Gasteiger partial charge on any atom is -0.371 e. The highest BCUT2D eigenvalue weighted by molar-refractivity contribution is 5.46. The quantitative estimate of drug-likeness (QED) is 0.881. The van der Waals surface area contributed by atoms with Crippen LogP contribution in [0.15, 0.2) is 18.3 Å². The van der Waals surface area contributed by atoms with Crippen LogP contribution in [0.5, 0.6) is 0 Å². The van der Waals surface area contributed by atoms with E-state index in [9.17, 15) is 0 Å². The maximum Gasteiger partial charge on any atom is 0.0562 e. The van der Waals surface area contributed by atoms with Crippen LogP contribution in [-0.2, 0) is 6.54 Å². The molecule has 1 aromatic rings. The Morgan fingerprint density at radius 2 is 2.05 bits per heavy atom. The average Bonchev–Trinajstić information content (AvgIpc) is 3.30. The van der Waals surface area contributed by atoms with Crippen LogP contribution in [0.3, 0.4) is 0 Å². The van der Waals surface area contributed by atoms with Crippen molar-refractivity contribution in [3.8, 4) is 0 Å². The monoisotopic (exact) mass is 259 g/mol. The topological polar surface area (TPSA) is 28.2 Å². The van der Waals surface area contributed by atoms with E-state index >= 15 is 0 Å². The van der Waals surface area contributed by atoms with Crippen molar-refractivity contribution in [2.24, 2.45) is 5.92 Å². The summed E-state index contributed by atoms with van der Waals surface area (Å²) in [6, 6.07) is 5.18. The summed E-state index contributed by atoms with van der Waals surface area (Å²) in [6.07, 6.45) is 8.66. The predicted octanol–water partition coefficient (Wildman–Crippen LogP) is 2.96. The normalized spacial score (nSPS) is 20.8. The lowest BCUT2D eigenvalue weighted by molar-refractivity contribution is 0.395. The summed E-state index contributed by atoms with van der Waals surface area (Å²) in [5.41, 5.74) is 2.54. The molecule has 1 aromatic heterocycles. The molecule has 3 heteroatoms. The Bertz CT molecular complexity index is 406. The second-order valence-electron chi connectivity index (χ2n) is 6.00. The first-order valence-corrected chi connectivity index (χ1v) is 7.78. The Hall–Kier alpha value is -1.09. The van der Waals surface area contributed by atoms with Crippen molar-refractivity contribution < 1.29 is 0 Å². The molecule has 3 rings (SSSR count). The summed E-state index contributed by atoms with van der Waals surface area (Å²) < 4.78 is 0. The molecule has 2 heterocycles. The summed E-state index contributed by atoms with van der Waals surface area (Å²) in [4.78, 5) is 7.00. The van der Waals surface area contributed by atoms with Crippen LogP contribution < -0.4 is 10.2 Å². The number of pyridine rings is 1. The minimum absolute atomic E-state index is 0.755. The van der Waals surface area contributed by atoms with E-state index in [-0.39, 0.29) is 0 Å². The van der Waals surface area contributed by atoms with Crippen LogP contribution >= 0.6 is 0 Å².